The normalized spacial score (nSPS) is 12.4. The van der Waals surface area contributed by atoms with Gasteiger partial charge in [0.15, 0.2) is 5.96 Å². The summed E-state index contributed by atoms with van der Waals surface area (Å²) in [6.07, 6.45) is 3.72. The Morgan fingerprint density at radius 3 is 2.62 bits per heavy atom. The molecule has 0 spiro atoms. The summed E-state index contributed by atoms with van der Waals surface area (Å²) in [5, 5.41) is 15.0. The average Bonchev–Trinajstić information content (AvgIpc) is 3.08. The van der Waals surface area contributed by atoms with Gasteiger partial charge in [-0.3, -0.25) is 0 Å². The Labute approximate surface area is 173 Å². The molecule has 2 aromatic rings. The maximum atomic E-state index is 4.73. The largest absolute Gasteiger partial charge is 0.355 e. The molecule has 0 radical (unpaired) electrons. The SMILES string of the molecule is CCc1nncn1CCNC(=NCc1ccc(C)cc1)NC(C)CC.I. The molecule has 144 valence electrons. The highest BCUT2D eigenvalue weighted by molar-refractivity contribution is 14.0. The molecule has 2 rings (SSSR count). The van der Waals surface area contributed by atoms with Crippen molar-refractivity contribution in [2.45, 2.75) is 59.7 Å². The molecule has 2 N–H and O–H groups in total. The first-order chi connectivity index (χ1) is 12.1. The molecule has 0 aliphatic rings. The first-order valence-corrected chi connectivity index (χ1v) is 9.09. The Hall–Kier alpha value is -1.64. The standard InChI is InChI=1S/C19H30N6.HI/c1-5-16(4)23-19(21-13-17-9-7-15(3)8-10-17)20-11-12-25-14-22-24-18(25)6-2;/h7-10,14,16H,5-6,11-13H2,1-4H3,(H2,20,21,23);1H. The Bertz CT molecular complexity index is 665. The minimum atomic E-state index is 0. The molecular weight excluding hydrogens is 439 g/mol. The second-order valence-electron chi connectivity index (χ2n) is 6.32. The van der Waals surface area contributed by atoms with Crippen LogP contribution < -0.4 is 10.6 Å². The molecule has 1 aromatic heterocycles. The number of aliphatic imine (C=N–C) groups is 1. The highest BCUT2D eigenvalue weighted by Crippen LogP contribution is 2.04. The average molecular weight is 470 g/mol. The summed E-state index contributed by atoms with van der Waals surface area (Å²) < 4.78 is 2.08. The molecule has 26 heavy (non-hydrogen) atoms. The molecule has 1 unspecified atom stereocenters. The first-order valence-electron chi connectivity index (χ1n) is 9.09. The van der Waals surface area contributed by atoms with Gasteiger partial charge in [-0.05, 0) is 25.8 Å². The zero-order valence-electron chi connectivity index (χ0n) is 16.2. The van der Waals surface area contributed by atoms with E-state index in [4.69, 9.17) is 4.99 Å². The molecular formula is C19H31IN6. The third kappa shape index (κ3) is 7.31. The molecule has 1 atom stereocenters. The second kappa shape index (κ2) is 11.9. The number of benzene rings is 1. The highest BCUT2D eigenvalue weighted by atomic mass is 127. The number of aryl methyl sites for hydroxylation is 2. The Balaban J connectivity index is 0.00000338. The molecule has 1 aromatic carbocycles. The number of rotatable bonds is 8. The maximum absolute atomic E-state index is 4.73. The van der Waals surface area contributed by atoms with Gasteiger partial charge < -0.3 is 15.2 Å². The molecule has 0 aliphatic carbocycles. The quantitative estimate of drug-likeness (QED) is 0.353. The van der Waals surface area contributed by atoms with Gasteiger partial charge >= 0.3 is 0 Å². The van der Waals surface area contributed by atoms with Crippen molar-refractivity contribution in [3.8, 4) is 0 Å². The topological polar surface area (TPSA) is 67.1 Å². The first kappa shape index (κ1) is 22.4. The van der Waals surface area contributed by atoms with Gasteiger partial charge in [0.1, 0.15) is 12.2 Å². The third-order valence-corrected chi connectivity index (χ3v) is 4.19. The van der Waals surface area contributed by atoms with E-state index in [9.17, 15) is 0 Å². The van der Waals surface area contributed by atoms with E-state index in [0.29, 0.717) is 12.6 Å². The van der Waals surface area contributed by atoms with Gasteiger partial charge in [-0.15, -0.1) is 34.2 Å². The minimum absolute atomic E-state index is 0. The number of hydrogen-bond acceptors (Lipinski definition) is 3. The summed E-state index contributed by atoms with van der Waals surface area (Å²) in [5.41, 5.74) is 2.48. The van der Waals surface area contributed by atoms with Crippen LogP contribution in [0.25, 0.3) is 0 Å². The van der Waals surface area contributed by atoms with Crippen molar-refractivity contribution in [2.24, 2.45) is 4.99 Å². The number of aromatic nitrogens is 3. The van der Waals surface area contributed by atoms with Crippen molar-refractivity contribution in [3.05, 3.63) is 47.5 Å². The van der Waals surface area contributed by atoms with E-state index in [0.717, 1.165) is 37.7 Å². The Morgan fingerprint density at radius 2 is 1.96 bits per heavy atom. The molecule has 0 amide bonds. The fraction of sp³-hybridized carbons (Fsp3) is 0.526. The van der Waals surface area contributed by atoms with Crippen LogP contribution in [0.1, 0.15) is 44.1 Å². The lowest BCUT2D eigenvalue weighted by molar-refractivity contribution is 0.599. The van der Waals surface area contributed by atoms with Crippen LogP contribution in [-0.4, -0.2) is 33.3 Å². The van der Waals surface area contributed by atoms with Crippen LogP contribution in [-0.2, 0) is 19.5 Å². The smallest absolute Gasteiger partial charge is 0.191 e. The minimum Gasteiger partial charge on any atom is -0.355 e. The van der Waals surface area contributed by atoms with Crippen molar-refractivity contribution in [1.82, 2.24) is 25.4 Å². The van der Waals surface area contributed by atoms with E-state index in [1.807, 2.05) is 0 Å². The van der Waals surface area contributed by atoms with Crippen molar-refractivity contribution in [1.29, 1.82) is 0 Å². The van der Waals surface area contributed by atoms with Crippen LogP contribution in [0.2, 0.25) is 0 Å². The molecule has 0 saturated carbocycles. The van der Waals surface area contributed by atoms with Gasteiger partial charge in [0.05, 0.1) is 6.54 Å². The molecule has 1 heterocycles. The molecule has 0 saturated heterocycles. The van der Waals surface area contributed by atoms with Crippen molar-refractivity contribution >= 4 is 29.9 Å². The van der Waals surface area contributed by atoms with Crippen LogP contribution in [0.15, 0.2) is 35.6 Å². The number of nitrogens with one attached hydrogen (secondary N) is 2. The summed E-state index contributed by atoms with van der Waals surface area (Å²) in [7, 11) is 0. The van der Waals surface area contributed by atoms with Gasteiger partial charge in [-0.1, -0.05) is 43.7 Å². The summed E-state index contributed by atoms with van der Waals surface area (Å²) in [6.45, 7) is 10.8. The molecule has 7 heteroatoms. The summed E-state index contributed by atoms with van der Waals surface area (Å²) >= 11 is 0. The van der Waals surface area contributed by atoms with E-state index in [1.54, 1.807) is 6.33 Å². The second-order valence-corrected chi connectivity index (χ2v) is 6.32. The van der Waals surface area contributed by atoms with Gasteiger partial charge in [0.25, 0.3) is 0 Å². The van der Waals surface area contributed by atoms with Gasteiger partial charge in [0.2, 0.25) is 0 Å². The van der Waals surface area contributed by atoms with Crippen molar-refractivity contribution in [2.75, 3.05) is 6.54 Å². The maximum Gasteiger partial charge on any atom is 0.191 e. The molecule has 0 aliphatic heterocycles. The lowest BCUT2D eigenvalue weighted by atomic mass is 10.1. The molecule has 6 nitrogen and oxygen atoms in total. The summed E-state index contributed by atoms with van der Waals surface area (Å²) in [4.78, 5) is 4.73. The van der Waals surface area contributed by atoms with Crippen LogP contribution in [0.3, 0.4) is 0 Å². The Morgan fingerprint density at radius 1 is 1.23 bits per heavy atom. The summed E-state index contributed by atoms with van der Waals surface area (Å²) in [5.74, 6) is 1.86. The molecule has 0 fully saturated rings. The van der Waals surface area contributed by atoms with E-state index < -0.39 is 0 Å². The monoisotopic (exact) mass is 470 g/mol. The third-order valence-electron chi connectivity index (χ3n) is 4.19. The predicted molar refractivity (Wildman–Crippen MR) is 118 cm³/mol. The number of guanidine groups is 1. The van der Waals surface area contributed by atoms with Crippen LogP contribution in [0.5, 0.6) is 0 Å². The van der Waals surface area contributed by atoms with Crippen LogP contribution >= 0.6 is 24.0 Å². The van der Waals surface area contributed by atoms with Crippen molar-refractivity contribution < 1.29 is 0 Å². The van der Waals surface area contributed by atoms with E-state index in [2.05, 4.69) is 77.4 Å². The lowest BCUT2D eigenvalue weighted by Crippen LogP contribution is -2.43. The predicted octanol–water partition coefficient (Wildman–Crippen LogP) is 3.30. The van der Waals surface area contributed by atoms with Gasteiger partial charge in [0, 0.05) is 25.6 Å². The van der Waals surface area contributed by atoms with Crippen LogP contribution in [0, 0.1) is 6.92 Å². The van der Waals surface area contributed by atoms with E-state index in [1.165, 1.54) is 11.1 Å². The van der Waals surface area contributed by atoms with Gasteiger partial charge in [-0.2, -0.15) is 0 Å². The zero-order valence-corrected chi connectivity index (χ0v) is 18.5. The fourth-order valence-electron chi connectivity index (χ4n) is 2.39. The summed E-state index contributed by atoms with van der Waals surface area (Å²) in [6, 6.07) is 8.89. The van der Waals surface area contributed by atoms with Crippen LogP contribution in [0.4, 0.5) is 0 Å². The fourth-order valence-corrected chi connectivity index (χ4v) is 2.39. The Kier molecular flexibility index (Phi) is 10.2. The lowest BCUT2D eigenvalue weighted by Gasteiger charge is -2.17. The van der Waals surface area contributed by atoms with E-state index in [-0.39, 0.29) is 24.0 Å². The number of halogens is 1. The molecule has 0 bridgehead atoms. The number of nitrogens with zero attached hydrogens (tertiary/aromatic N) is 4. The van der Waals surface area contributed by atoms with Gasteiger partial charge in [-0.25, -0.2) is 4.99 Å². The highest BCUT2D eigenvalue weighted by Gasteiger charge is 2.05. The zero-order chi connectivity index (χ0) is 18.1. The van der Waals surface area contributed by atoms with E-state index >= 15 is 0 Å². The number of hydrogen-bond donors (Lipinski definition) is 2. The van der Waals surface area contributed by atoms with Crippen molar-refractivity contribution in [3.63, 3.8) is 0 Å².